The van der Waals surface area contributed by atoms with E-state index in [0.29, 0.717) is 17.8 Å². The molecule has 0 bridgehead atoms. The Labute approximate surface area is 193 Å². The van der Waals surface area contributed by atoms with Crippen LogP contribution in [-0.2, 0) is 6.18 Å². The molecule has 34 heavy (non-hydrogen) atoms. The van der Waals surface area contributed by atoms with Gasteiger partial charge in [0.1, 0.15) is 11.6 Å². The fourth-order valence-corrected chi connectivity index (χ4v) is 4.19. The van der Waals surface area contributed by atoms with Gasteiger partial charge in [-0.05, 0) is 55.5 Å². The summed E-state index contributed by atoms with van der Waals surface area (Å²) in [5.74, 6) is -0.472. The molecule has 2 aromatic heterocycles. The quantitative estimate of drug-likeness (QED) is 0.550. The van der Waals surface area contributed by atoms with Gasteiger partial charge < -0.3 is 10.2 Å². The van der Waals surface area contributed by atoms with Gasteiger partial charge in [-0.3, -0.25) is 4.79 Å². The summed E-state index contributed by atoms with van der Waals surface area (Å²) in [7, 11) is 0. The Bertz CT molecular complexity index is 1150. The molecule has 180 valence electrons. The summed E-state index contributed by atoms with van der Waals surface area (Å²) >= 11 is 0. The van der Waals surface area contributed by atoms with E-state index < -0.39 is 17.6 Å². The highest BCUT2D eigenvalue weighted by atomic mass is 19.4. The van der Waals surface area contributed by atoms with E-state index in [1.165, 1.54) is 35.4 Å². The first kappa shape index (κ1) is 23.7. The maximum absolute atomic E-state index is 14.5. The zero-order chi connectivity index (χ0) is 24.5. The number of aromatic nitrogens is 4. The first-order valence-corrected chi connectivity index (χ1v) is 10.9. The van der Waals surface area contributed by atoms with Crippen molar-refractivity contribution in [1.82, 2.24) is 24.9 Å². The van der Waals surface area contributed by atoms with Crippen LogP contribution in [0.3, 0.4) is 0 Å². The van der Waals surface area contributed by atoms with Crippen molar-refractivity contribution in [2.45, 2.75) is 38.9 Å². The van der Waals surface area contributed by atoms with Crippen molar-refractivity contribution in [3.8, 4) is 5.69 Å². The summed E-state index contributed by atoms with van der Waals surface area (Å²) in [5, 5.41) is 11.2. The molecule has 1 amide bonds. The average molecular weight is 476 g/mol. The Morgan fingerprint density at radius 2 is 1.94 bits per heavy atom. The van der Waals surface area contributed by atoms with Crippen molar-refractivity contribution in [1.29, 1.82) is 0 Å². The van der Waals surface area contributed by atoms with Gasteiger partial charge in [0.2, 0.25) is 0 Å². The van der Waals surface area contributed by atoms with Crippen molar-refractivity contribution < 1.29 is 22.4 Å². The van der Waals surface area contributed by atoms with E-state index >= 15 is 0 Å². The molecule has 7 nitrogen and oxygen atoms in total. The van der Waals surface area contributed by atoms with E-state index in [-0.39, 0.29) is 35.8 Å². The number of likely N-dealkylation sites (tertiary alicyclic amines) is 1. The molecule has 1 fully saturated rings. The molecule has 3 heterocycles. The maximum atomic E-state index is 14.5. The first-order valence-electron chi connectivity index (χ1n) is 10.9. The molecule has 0 radical (unpaired) electrons. The summed E-state index contributed by atoms with van der Waals surface area (Å²) in [6.07, 6.45) is 0.919. The number of amides is 1. The molecule has 4 rings (SSSR count). The summed E-state index contributed by atoms with van der Waals surface area (Å²) in [4.78, 5) is 20.4. The van der Waals surface area contributed by atoms with Crippen LogP contribution in [0.2, 0.25) is 0 Å². The van der Waals surface area contributed by atoms with Crippen molar-refractivity contribution in [3.05, 3.63) is 65.4 Å². The molecule has 0 aliphatic carbocycles. The SMILES string of the molecule is Cc1cc(-n2nccn2)c(C(=O)N2CCC[C@@H](C)[C@H]2CNc2ccc(C(F)(F)F)cn2)cc1F. The van der Waals surface area contributed by atoms with Gasteiger partial charge in [0.15, 0.2) is 0 Å². The maximum Gasteiger partial charge on any atom is 0.417 e. The van der Waals surface area contributed by atoms with Crippen LogP contribution in [-0.4, -0.2) is 49.9 Å². The second kappa shape index (κ2) is 9.40. The fourth-order valence-electron chi connectivity index (χ4n) is 4.19. The molecule has 1 N–H and O–H groups in total. The fraction of sp³-hybridized carbons (Fsp3) is 0.391. The van der Waals surface area contributed by atoms with E-state index in [9.17, 15) is 22.4 Å². The summed E-state index contributed by atoms with van der Waals surface area (Å²) in [6, 6.07) is 4.70. The van der Waals surface area contributed by atoms with Gasteiger partial charge in [0, 0.05) is 19.3 Å². The number of hydrogen-bond donors (Lipinski definition) is 1. The second-order valence-electron chi connectivity index (χ2n) is 8.43. The van der Waals surface area contributed by atoms with Gasteiger partial charge in [0.05, 0.1) is 35.2 Å². The number of piperidine rings is 1. The zero-order valence-corrected chi connectivity index (χ0v) is 18.7. The highest BCUT2D eigenvalue weighted by molar-refractivity contribution is 5.98. The lowest BCUT2D eigenvalue weighted by Gasteiger charge is -2.40. The van der Waals surface area contributed by atoms with Crippen LogP contribution in [0.5, 0.6) is 0 Å². The highest BCUT2D eigenvalue weighted by Gasteiger charge is 2.34. The number of carbonyl (C=O) groups excluding carboxylic acids is 1. The lowest BCUT2D eigenvalue weighted by molar-refractivity contribution is -0.137. The van der Waals surface area contributed by atoms with E-state index in [0.717, 1.165) is 25.1 Å². The molecule has 0 spiro atoms. The van der Waals surface area contributed by atoms with Crippen LogP contribution in [0.1, 0.15) is 41.3 Å². The van der Waals surface area contributed by atoms with Crippen LogP contribution >= 0.6 is 0 Å². The Balaban J connectivity index is 1.58. The number of carbonyl (C=O) groups is 1. The molecule has 1 saturated heterocycles. The predicted molar refractivity (Wildman–Crippen MR) is 117 cm³/mol. The molecule has 3 aromatic rings. The molecule has 2 atom stereocenters. The van der Waals surface area contributed by atoms with Crippen LogP contribution in [0.4, 0.5) is 23.4 Å². The van der Waals surface area contributed by atoms with Crippen LogP contribution in [0.25, 0.3) is 5.69 Å². The third kappa shape index (κ3) is 4.87. The Kier molecular flexibility index (Phi) is 6.54. The summed E-state index contributed by atoms with van der Waals surface area (Å²) in [6.45, 7) is 4.37. The Morgan fingerprint density at radius 3 is 2.59 bits per heavy atom. The van der Waals surface area contributed by atoms with Gasteiger partial charge in [-0.1, -0.05) is 6.92 Å². The van der Waals surface area contributed by atoms with Gasteiger partial charge in [-0.2, -0.15) is 28.2 Å². The predicted octanol–water partition coefficient (Wildman–Crippen LogP) is 4.48. The summed E-state index contributed by atoms with van der Waals surface area (Å²) in [5.41, 5.74) is 0.0544. The number of rotatable bonds is 5. The number of nitrogens with zero attached hydrogens (tertiary/aromatic N) is 5. The van der Waals surface area contributed by atoms with Crippen molar-refractivity contribution in [2.24, 2.45) is 5.92 Å². The Hall–Kier alpha value is -3.50. The lowest BCUT2D eigenvalue weighted by atomic mass is 9.89. The number of halogens is 4. The van der Waals surface area contributed by atoms with E-state index in [4.69, 9.17) is 0 Å². The number of nitrogens with one attached hydrogen (secondary N) is 1. The average Bonchev–Trinajstić information content (AvgIpc) is 3.34. The topological polar surface area (TPSA) is 75.9 Å². The van der Waals surface area contributed by atoms with Gasteiger partial charge in [0.25, 0.3) is 5.91 Å². The van der Waals surface area contributed by atoms with Crippen molar-refractivity contribution >= 4 is 11.7 Å². The number of pyridine rings is 1. The minimum absolute atomic E-state index is 0.112. The highest BCUT2D eigenvalue weighted by Crippen LogP contribution is 2.30. The zero-order valence-electron chi connectivity index (χ0n) is 18.7. The lowest BCUT2D eigenvalue weighted by Crippen LogP contribution is -2.51. The molecule has 1 aliphatic rings. The second-order valence-corrected chi connectivity index (χ2v) is 8.43. The number of aryl methyl sites for hydroxylation is 1. The normalized spacial score (nSPS) is 18.7. The number of anilines is 1. The number of alkyl halides is 3. The largest absolute Gasteiger partial charge is 0.417 e. The van der Waals surface area contributed by atoms with E-state index in [1.807, 2.05) is 6.92 Å². The molecule has 0 saturated carbocycles. The number of hydrogen-bond acceptors (Lipinski definition) is 5. The molecule has 11 heteroatoms. The molecular formula is C23H24F4N6O. The summed E-state index contributed by atoms with van der Waals surface area (Å²) < 4.78 is 52.9. The van der Waals surface area contributed by atoms with Gasteiger partial charge in [-0.15, -0.1) is 0 Å². The van der Waals surface area contributed by atoms with Crippen molar-refractivity contribution in [2.75, 3.05) is 18.4 Å². The van der Waals surface area contributed by atoms with Crippen LogP contribution in [0, 0.1) is 18.7 Å². The first-order chi connectivity index (χ1) is 16.1. The van der Waals surface area contributed by atoms with Gasteiger partial charge >= 0.3 is 6.18 Å². The van der Waals surface area contributed by atoms with E-state index in [1.54, 1.807) is 11.8 Å². The Morgan fingerprint density at radius 1 is 1.21 bits per heavy atom. The monoisotopic (exact) mass is 476 g/mol. The molecule has 1 aliphatic heterocycles. The molecular weight excluding hydrogens is 452 g/mol. The minimum Gasteiger partial charge on any atom is -0.368 e. The van der Waals surface area contributed by atoms with Crippen LogP contribution in [0.15, 0.2) is 42.9 Å². The smallest absolute Gasteiger partial charge is 0.368 e. The van der Waals surface area contributed by atoms with E-state index in [2.05, 4.69) is 20.5 Å². The number of benzene rings is 1. The molecule has 0 unspecified atom stereocenters. The van der Waals surface area contributed by atoms with Crippen molar-refractivity contribution in [3.63, 3.8) is 0 Å². The minimum atomic E-state index is -4.46. The van der Waals surface area contributed by atoms with Gasteiger partial charge in [-0.25, -0.2) is 9.37 Å². The standard InChI is InChI=1S/C23H24F4N6O/c1-14-4-3-9-32(20(14)13-29-21-6-5-16(12-28-21)23(25,26)27)22(34)17-11-18(24)15(2)10-19(17)33-30-7-8-31-33/h5-8,10-12,14,20H,3-4,9,13H2,1-2H3,(H,28,29)/t14-,20-/m1/s1. The third-order valence-electron chi connectivity index (χ3n) is 6.10. The third-order valence-corrected chi connectivity index (χ3v) is 6.10. The molecule has 1 aromatic carbocycles. The van der Waals surface area contributed by atoms with Crippen LogP contribution < -0.4 is 5.32 Å².